The van der Waals surface area contributed by atoms with Crippen LogP contribution in [0, 0.1) is 0 Å². The third kappa shape index (κ3) is 3.95. The fourth-order valence-corrected chi connectivity index (χ4v) is 2.56. The minimum absolute atomic E-state index is 0.0213. The fraction of sp³-hybridized carbons (Fsp3) is 0.562. The van der Waals surface area contributed by atoms with Gasteiger partial charge in [0.2, 0.25) is 5.91 Å². The largest absolute Gasteiger partial charge is 0.497 e. The number of amides is 1. The third-order valence-electron chi connectivity index (χ3n) is 3.76. The molecule has 2 unspecified atom stereocenters. The Morgan fingerprint density at radius 3 is 3.10 bits per heavy atom. The first-order valence-electron chi connectivity index (χ1n) is 7.45. The monoisotopic (exact) mass is 292 g/mol. The standard InChI is InChI=1S/C16H24N2O3/c1-3-5-14(17)16(19)18-8-9-21-15(11-18)12-6-4-7-13(10-12)20-2/h4,6-7,10,14-15H,3,5,8-9,11,17H2,1-2H3. The van der Waals surface area contributed by atoms with E-state index in [0.717, 1.165) is 24.2 Å². The highest BCUT2D eigenvalue weighted by Crippen LogP contribution is 2.25. The van der Waals surface area contributed by atoms with E-state index >= 15 is 0 Å². The number of nitrogens with two attached hydrogens (primary N) is 1. The number of carbonyl (C=O) groups excluding carboxylic acids is 1. The SMILES string of the molecule is CCCC(N)C(=O)N1CCOC(c2cccc(OC)c2)C1. The number of carbonyl (C=O) groups is 1. The lowest BCUT2D eigenvalue weighted by Crippen LogP contribution is -2.49. The fourth-order valence-electron chi connectivity index (χ4n) is 2.56. The number of hydrogen-bond donors (Lipinski definition) is 1. The molecule has 1 amide bonds. The topological polar surface area (TPSA) is 64.8 Å². The van der Waals surface area contributed by atoms with E-state index in [4.69, 9.17) is 15.2 Å². The van der Waals surface area contributed by atoms with Crippen molar-refractivity contribution in [2.45, 2.75) is 31.9 Å². The molecule has 0 saturated carbocycles. The van der Waals surface area contributed by atoms with Crippen molar-refractivity contribution in [1.29, 1.82) is 0 Å². The molecule has 0 aliphatic carbocycles. The van der Waals surface area contributed by atoms with Crippen LogP contribution in [0.3, 0.4) is 0 Å². The quantitative estimate of drug-likeness (QED) is 0.897. The van der Waals surface area contributed by atoms with Gasteiger partial charge in [-0.15, -0.1) is 0 Å². The predicted molar refractivity (Wildman–Crippen MR) is 81.2 cm³/mol. The van der Waals surface area contributed by atoms with Gasteiger partial charge in [-0.1, -0.05) is 25.5 Å². The van der Waals surface area contributed by atoms with Crippen molar-refractivity contribution in [3.05, 3.63) is 29.8 Å². The highest BCUT2D eigenvalue weighted by molar-refractivity contribution is 5.81. The minimum Gasteiger partial charge on any atom is -0.497 e. The molecule has 116 valence electrons. The molecular formula is C16H24N2O3. The van der Waals surface area contributed by atoms with Gasteiger partial charge in [-0.3, -0.25) is 4.79 Å². The molecule has 1 aliphatic rings. The van der Waals surface area contributed by atoms with Crippen molar-refractivity contribution < 1.29 is 14.3 Å². The van der Waals surface area contributed by atoms with Gasteiger partial charge in [-0.05, 0) is 24.1 Å². The Morgan fingerprint density at radius 2 is 2.38 bits per heavy atom. The zero-order valence-corrected chi connectivity index (χ0v) is 12.7. The molecule has 2 rings (SSSR count). The number of morpholine rings is 1. The molecule has 1 fully saturated rings. The molecule has 21 heavy (non-hydrogen) atoms. The van der Waals surface area contributed by atoms with Crippen molar-refractivity contribution in [2.24, 2.45) is 5.73 Å². The van der Waals surface area contributed by atoms with Crippen LogP contribution < -0.4 is 10.5 Å². The van der Waals surface area contributed by atoms with Gasteiger partial charge in [0.25, 0.3) is 0 Å². The molecule has 2 atom stereocenters. The molecule has 1 saturated heterocycles. The van der Waals surface area contributed by atoms with Crippen LogP contribution in [0.1, 0.15) is 31.4 Å². The smallest absolute Gasteiger partial charge is 0.239 e. The van der Waals surface area contributed by atoms with Crippen molar-refractivity contribution in [1.82, 2.24) is 4.90 Å². The molecule has 1 aromatic carbocycles. The van der Waals surface area contributed by atoms with Crippen LogP contribution in [0.25, 0.3) is 0 Å². The second-order valence-electron chi connectivity index (χ2n) is 5.32. The first-order chi connectivity index (χ1) is 10.2. The summed E-state index contributed by atoms with van der Waals surface area (Å²) in [7, 11) is 1.64. The van der Waals surface area contributed by atoms with Crippen molar-refractivity contribution in [2.75, 3.05) is 26.8 Å². The highest BCUT2D eigenvalue weighted by atomic mass is 16.5. The van der Waals surface area contributed by atoms with Crippen molar-refractivity contribution in [3.63, 3.8) is 0 Å². The van der Waals surface area contributed by atoms with Crippen LogP contribution in [0.5, 0.6) is 5.75 Å². The molecule has 0 spiro atoms. The molecule has 1 aliphatic heterocycles. The van der Waals surface area contributed by atoms with Crippen LogP contribution in [-0.2, 0) is 9.53 Å². The van der Waals surface area contributed by atoms with E-state index in [1.54, 1.807) is 7.11 Å². The summed E-state index contributed by atoms with van der Waals surface area (Å²) in [6.07, 6.45) is 1.52. The van der Waals surface area contributed by atoms with Crippen molar-refractivity contribution >= 4 is 5.91 Å². The lowest BCUT2D eigenvalue weighted by Gasteiger charge is -2.34. The molecule has 0 bridgehead atoms. The molecule has 0 radical (unpaired) electrons. The summed E-state index contributed by atoms with van der Waals surface area (Å²) in [5, 5.41) is 0. The van der Waals surface area contributed by atoms with Crippen LogP contribution in [-0.4, -0.2) is 43.7 Å². The molecular weight excluding hydrogens is 268 g/mol. The Kier molecular flexibility index (Phi) is 5.59. The maximum atomic E-state index is 12.3. The molecule has 5 nitrogen and oxygen atoms in total. The van der Waals surface area contributed by atoms with Gasteiger partial charge in [0.15, 0.2) is 0 Å². The minimum atomic E-state index is -0.404. The number of benzene rings is 1. The van der Waals surface area contributed by atoms with Gasteiger partial charge in [0, 0.05) is 6.54 Å². The normalized spacial score (nSPS) is 20.1. The van der Waals surface area contributed by atoms with Crippen molar-refractivity contribution in [3.8, 4) is 5.75 Å². The van der Waals surface area contributed by atoms with E-state index in [1.807, 2.05) is 36.1 Å². The number of methoxy groups -OCH3 is 1. The summed E-state index contributed by atoms with van der Waals surface area (Å²) in [6.45, 7) is 3.72. The zero-order chi connectivity index (χ0) is 15.2. The number of hydrogen-bond acceptors (Lipinski definition) is 4. The van der Waals surface area contributed by atoms with E-state index in [9.17, 15) is 4.79 Å². The Hall–Kier alpha value is -1.59. The Balaban J connectivity index is 2.04. The predicted octanol–water partition coefficient (Wildman–Crippen LogP) is 1.72. The summed E-state index contributed by atoms with van der Waals surface area (Å²) in [6, 6.07) is 7.37. The van der Waals surface area contributed by atoms with Crippen LogP contribution in [0.2, 0.25) is 0 Å². The molecule has 1 heterocycles. The summed E-state index contributed by atoms with van der Waals surface area (Å²) < 4.78 is 11.0. The Bertz CT molecular complexity index is 478. The number of ether oxygens (including phenoxy) is 2. The Morgan fingerprint density at radius 1 is 1.57 bits per heavy atom. The zero-order valence-electron chi connectivity index (χ0n) is 12.7. The van der Waals surface area contributed by atoms with Crippen LogP contribution in [0.15, 0.2) is 24.3 Å². The van der Waals surface area contributed by atoms with E-state index in [1.165, 1.54) is 0 Å². The van der Waals surface area contributed by atoms with E-state index in [2.05, 4.69) is 0 Å². The van der Waals surface area contributed by atoms with Gasteiger partial charge in [0.05, 0.1) is 26.3 Å². The maximum absolute atomic E-state index is 12.3. The molecule has 2 N–H and O–H groups in total. The average molecular weight is 292 g/mol. The third-order valence-corrected chi connectivity index (χ3v) is 3.76. The summed E-state index contributed by atoms with van der Waals surface area (Å²) >= 11 is 0. The number of rotatable bonds is 5. The average Bonchev–Trinajstić information content (AvgIpc) is 2.54. The van der Waals surface area contributed by atoms with Crippen LogP contribution >= 0.6 is 0 Å². The summed E-state index contributed by atoms with van der Waals surface area (Å²) in [5.74, 6) is 0.815. The van der Waals surface area contributed by atoms with Gasteiger partial charge < -0.3 is 20.1 Å². The Labute approximate surface area is 126 Å². The lowest BCUT2D eigenvalue weighted by atomic mass is 10.1. The first-order valence-corrected chi connectivity index (χ1v) is 7.45. The lowest BCUT2D eigenvalue weighted by molar-refractivity contribution is -0.140. The van der Waals surface area contributed by atoms with Gasteiger partial charge in [-0.25, -0.2) is 0 Å². The number of nitrogens with zero attached hydrogens (tertiary/aromatic N) is 1. The van der Waals surface area contributed by atoms with Gasteiger partial charge >= 0.3 is 0 Å². The van der Waals surface area contributed by atoms with E-state index in [-0.39, 0.29) is 12.0 Å². The summed E-state index contributed by atoms with van der Waals surface area (Å²) in [4.78, 5) is 14.1. The molecule has 0 aromatic heterocycles. The first kappa shape index (κ1) is 15.8. The molecule has 1 aromatic rings. The van der Waals surface area contributed by atoms with Gasteiger partial charge in [-0.2, -0.15) is 0 Å². The molecule has 5 heteroatoms. The maximum Gasteiger partial charge on any atom is 0.239 e. The van der Waals surface area contributed by atoms with E-state index < -0.39 is 6.04 Å². The van der Waals surface area contributed by atoms with Gasteiger partial charge in [0.1, 0.15) is 11.9 Å². The second-order valence-corrected chi connectivity index (χ2v) is 5.32. The van der Waals surface area contributed by atoms with Crippen LogP contribution in [0.4, 0.5) is 0 Å². The summed E-state index contributed by atoms with van der Waals surface area (Å²) in [5.41, 5.74) is 6.96. The highest BCUT2D eigenvalue weighted by Gasteiger charge is 2.28. The van der Waals surface area contributed by atoms with E-state index in [0.29, 0.717) is 19.7 Å². The second kappa shape index (κ2) is 7.43.